The van der Waals surface area contributed by atoms with E-state index in [9.17, 15) is 9.59 Å². The van der Waals surface area contributed by atoms with Crippen molar-refractivity contribution in [3.63, 3.8) is 0 Å². The molecule has 1 heterocycles. The molecule has 1 unspecified atom stereocenters. The molecule has 0 bridgehead atoms. The van der Waals surface area contributed by atoms with Gasteiger partial charge in [0.1, 0.15) is 0 Å². The second-order valence-electron chi connectivity index (χ2n) is 5.80. The number of rotatable bonds is 7. The zero-order chi connectivity index (χ0) is 15.8. The van der Waals surface area contributed by atoms with Gasteiger partial charge in [-0.1, -0.05) is 6.92 Å². The van der Waals surface area contributed by atoms with Crippen LogP contribution in [0.1, 0.15) is 46.5 Å². The van der Waals surface area contributed by atoms with Gasteiger partial charge in [-0.3, -0.25) is 4.79 Å². The van der Waals surface area contributed by atoms with Gasteiger partial charge in [0.05, 0.1) is 6.42 Å². The van der Waals surface area contributed by atoms with Crippen LogP contribution in [-0.2, 0) is 4.79 Å². The lowest BCUT2D eigenvalue weighted by molar-refractivity contribution is -0.138. The number of piperidine rings is 1. The molecule has 0 aromatic carbocycles. The van der Waals surface area contributed by atoms with Crippen molar-refractivity contribution in [3.8, 4) is 0 Å². The lowest BCUT2D eigenvalue weighted by Crippen LogP contribution is -2.51. The fourth-order valence-electron chi connectivity index (χ4n) is 2.89. The molecule has 1 aliphatic heterocycles. The lowest BCUT2D eigenvalue weighted by atomic mass is 10.1. The number of urea groups is 1. The largest absolute Gasteiger partial charge is 0.481 e. The maximum Gasteiger partial charge on any atom is 0.317 e. The van der Waals surface area contributed by atoms with Crippen molar-refractivity contribution < 1.29 is 14.7 Å². The Morgan fingerprint density at radius 3 is 2.43 bits per heavy atom. The van der Waals surface area contributed by atoms with Crippen LogP contribution in [0.2, 0.25) is 0 Å². The maximum atomic E-state index is 12.3. The standard InChI is InChI=1S/C15H29N3O3/c1-4-8-17-9-6-13(7-10-17)16-15(21)18(5-2)12(3)11-14(19)20/h12-13H,4-11H2,1-3H3,(H,16,21)(H,19,20). The van der Waals surface area contributed by atoms with E-state index in [1.54, 1.807) is 11.8 Å². The average Bonchev–Trinajstić information content (AvgIpc) is 2.41. The van der Waals surface area contributed by atoms with Gasteiger partial charge in [0, 0.05) is 31.7 Å². The molecular weight excluding hydrogens is 270 g/mol. The quantitative estimate of drug-likeness (QED) is 0.751. The second-order valence-corrected chi connectivity index (χ2v) is 5.80. The summed E-state index contributed by atoms with van der Waals surface area (Å²) in [6.07, 6.45) is 3.08. The van der Waals surface area contributed by atoms with Crippen molar-refractivity contribution in [2.24, 2.45) is 0 Å². The van der Waals surface area contributed by atoms with E-state index in [-0.39, 0.29) is 24.5 Å². The minimum atomic E-state index is -0.873. The van der Waals surface area contributed by atoms with E-state index in [2.05, 4.69) is 17.1 Å². The van der Waals surface area contributed by atoms with Gasteiger partial charge in [0.2, 0.25) is 0 Å². The number of aliphatic carboxylic acids is 1. The predicted molar refractivity (Wildman–Crippen MR) is 82.4 cm³/mol. The molecule has 0 aliphatic carbocycles. The molecule has 21 heavy (non-hydrogen) atoms. The third kappa shape index (κ3) is 5.91. The Labute approximate surface area is 127 Å². The highest BCUT2D eigenvalue weighted by Crippen LogP contribution is 2.12. The van der Waals surface area contributed by atoms with Crippen LogP contribution in [0.25, 0.3) is 0 Å². The second kappa shape index (κ2) is 8.87. The summed E-state index contributed by atoms with van der Waals surface area (Å²) in [6, 6.07) is -0.218. The van der Waals surface area contributed by atoms with Crippen LogP contribution < -0.4 is 5.32 Å². The van der Waals surface area contributed by atoms with Gasteiger partial charge in [-0.05, 0) is 39.7 Å². The summed E-state index contributed by atoms with van der Waals surface area (Å²) in [7, 11) is 0. The molecule has 122 valence electrons. The third-order valence-electron chi connectivity index (χ3n) is 4.06. The van der Waals surface area contributed by atoms with Crippen molar-refractivity contribution >= 4 is 12.0 Å². The Hall–Kier alpha value is -1.30. The Morgan fingerprint density at radius 1 is 1.33 bits per heavy atom. The maximum absolute atomic E-state index is 12.3. The van der Waals surface area contributed by atoms with E-state index in [4.69, 9.17) is 5.11 Å². The number of amides is 2. The predicted octanol–water partition coefficient (Wildman–Crippen LogP) is 1.76. The molecule has 2 amide bonds. The molecule has 0 aromatic rings. The average molecular weight is 299 g/mol. The Kier molecular flexibility index (Phi) is 7.50. The zero-order valence-corrected chi connectivity index (χ0v) is 13.5. The van der Waals surface area contributed by atoms with Gasteiger partial charge < -0.3 is 20.2 Å². The molecule has 2 N–H and O–H groups in total. The smallest absolute Gasteiger partial charge is 0.317 e. The van der Waals surface area contributed by atoms with Gasteiger partial charge in [0.15, 0.2) is 0 Å². The first kappa shape index (κ1) is 17.8. The zero-order valence-electron chi connectivity index (χ0n) is 13.5. The molecular formula is C15H29N3O3. The van der Waals surface area contributed by atoms with Crippen molar-refractivity contribution in [2.45, 2.75) is 58.5 Å². The van der Waals surface area contributed by atoms with E-state index < -0.39 is 5.97 Å². The highest BCUT2D eigenvalue weighted by molar-refractivity contribution is 5.76. The first-order valence-electron chi connectivity index (χ1n) is 7.99. The van der Waals surface area contributed by atoms with Crippen LogP contribution in [0.5, 0.6) is 0 Å². The normalized spacial score (nSPS) is 18.2. The van der Waals surface area contributed by atoms with Gasteiger partial charge >= 0.3 is 12.0 Å². The van der Waals surface area contributed by atoms with Gasteiger partial charge in [-0.2, -0.15) is 0 Å². The van der Waals surface area contributed by atoms with Crippen molar-refractivity contribution in [1.29, 1.82) is 0 Å². The summed E-state index contributed by atoms with van der Waals surface area (Å²) in [5.41, 5.74) is 0. The molecule has 6 heteroatoms. The fraction of sp³-hybridized carbons (Fsp3) is 0.867. The van der Waals surface area contributed by atoms with Crippen LogP contribution in [0, 0.1) is 0 Å². The van der Waals surface area contributed by atoms with Crippen LogP contribution in [0.4, 0.5) is 4.79 Å². The summed E-state index contributed by atoms with van der Waals surface area (Å²) in [5, 5.41) is 11.9. The van der Waals surface area contributed by atoms with Crippen LogP contribution in [0.3, 0.4) is 0 Å². The van der Waals surface area contributed by atoms with Crippen molar-refractivity contribution in [2.75, 3.05) is 26.2 Å². The number of likely N-dealkylation sites (tertiary alicyclic amines) is 1. The highest BCUT2D eigenvalue weighted by Gasteiger charge is 2.25. The number of hydrogen-bond donors (Lipinski definition) is 2. The molecule has 1 rings (SSSR count). The van der Waals surface area contributed by atoms with E-state index in [0.717, 1.165) is 38.9 Å². The molecule has 1 aliphatic rings. The summed E-state index contributed by atoms with van der Waals surface area (Å²) in [5.74, 6) is -0.873. The molecule has 6 nitrogen and oxygen atoms in total. The monoisotopic (exact) mass is 299 g/mol. The minimum Gasteiger partial charge on any atom is -0.481 e. The minimum absolute atomic E-state index is 0.0177. The Bertz CT molecular complexity index is 341. The van der Waals surface area contributed by atoms with Crippen LogP contribution in [0.15, 0.2) is 0 Å². The van der Waals surface area contributed by atoms with Gasteiger partial charge in [-0.15, -0.1) is 0 Å². The number of carboxylic acids is 1. The third-order valence-corrected chi connectivity index (χ3v) is 4.06. The molecule has 0 radical (unpaired) electrons. The Morgan fingerprint density at radius 2 is 1.95 bits per heavy atom. The summed E-state index contributed by atoms with van der Waals surface area (Å²) < 4.78 is 0. The number of carbonyl (C=O) groups is 2. The number of carbonyl (C=O) groups excluding carboxylic acids is 1. The number of carboxylic acid groups (broad SMARTS) is 1. The van der Waals surface area contributed by atoms with E-state index in [0.29, 0.717) is 6.54 Å². The molecule has 0 spiro atoms. The molecule has 0 saturated carbocycles. The van der Waals surface area contributed by atoms with Crippen LogP contribution >= 0.6 is 0 Å². The first-order valence-corrected chi connectivity index (χ1v) is 7.99. The lowest BCUT2D eigenvalue weighted by Gasteiger charge is -2.34. The summed E-state index contributed by atoms with van der Waals surface area (Å²) >= 11 is 0. The van der Waals surface area contributed by atoms with E-state index in [1.165, 1.54) is 0 Å². The van der Waals surface area contributed by atoms with Crippen molar-refractivity contribution in [3.05, 3.63) is 0 Å². The van der Waals surface area contributed by atoms with Gasteiger partial charge in [0.25, 0.3) is 0 Å². The highest BCUT2D eigenvalue weighted by atomic mass is 16.4. The fourth-order valence-corrected chi connectivity index (χ4v) is 2.89. The number of hydrogen-bond acceptors (Lipinski definition) is 3. The number of nitrogens with zero attached hydrogens (tertiary/aromatic N) is 2. The first-order chi connectivity index (χ1) is 9.97. The summed E-state index contributed by atoms with van der Waals surface area (Å²) in [4.78, 5) is 27.1. The Balaban J connectivity index is 2.42. The molecule has 1 atom stereocenters. The van der Waals surface area contributed by atoms with Gasteiger partial charge in [-0.25, -0.2) is 4.79 Å². The van der Waals surface area contributed by atoms with Crippen LogP contribution in [-0.4, -0.2) is 65.2 Å². The SMILES string of the molecule is CCCN1CCC(NC(=O)N(CC)C(C)CC(=O)O)CC1. The molecule has 1 fully saturated rings. The molecule has 1 saturated heterocycles. The van der Waals surface area contributed by atoms with Crippen molar-refractivity contribution in [1.82, 2.24) is 15.1 Å². The van der Waals surface area contributed by atoms with E-state index >= 15 is 0 Å². The molecule has 0 aromatic heterocycles. The summed E-state index contributed by atoms with van der Waals surface area (Å²) in [6.45, 7) is 9.53. The topological polar surface area (TPSA) is 72.9 Å². The van der Waals surface area contributed by atoms with E-state index in [1.807, 2.05) is 6.92 Å². The number of nitrogens with one attached hydrogen (secondary N) is 1.